The number of rotatable bonds is 10. The van der Waals surface area contributed by atoms with E-state index < -0.39 is 28.5 Å². The third-order valence-electron chi connectivity index (χ3n) is 5.86. The van der Waals surface area contributed by atoms with Crippen molar-refractivity contribution < 1.29 is 18.0 Å². The average molecular weight is 530 g/mol. The van der Waals surface area contributed by atoms with Gasteiger partial charge in [0.25, 0.3) is 0 Å². The summed E-state index contributed by atoms with van der Waals surface area (Å²) in [4.78, 5) is 28.0. The van der Waals surface area contributed by atoms with E-state index in [9.17, 15) is 18.0 Å². The second-order valence-electron chi connectivity index (χ2n) is 9.20. The molecule has 192 valence electrons. The lowest BCUT2D eigenvalue weighted by atomic mass is 10.1. The number of hydrogen-bond donors (Lipinski definition) is 1. The van der Waals surface area contributed by atoms with Gasteiger partial charge in [-0.15, -0.1) is 0 Å². The smallest absolute Gasteiger partial charge is 0.244 e. The van der Waals surface area contributed by atoms with Gasteiger partial charge in [0.1, 0.15) is 12.6 Å². The van der Waals surface area contributed by atoms with Gasteiger partial charge in [-0.2, -0.15) is 0 Å². The largest absolute Gasteiger partial charge is 0.354 e. The number of fused-ring (bicyclic) bond motifs is 1. The molecule has 2 amide bonds. The minimum atomic E-state index is -3.83. The van der Waals surface area contributed by atoms with Gasteiger partial charge in [0.05, 0.1) is 11.9 Å². The van der Waals surface area contributed by atoms with Crippen LogP contribution in [0.25, 0.3) is 10.8 Å². The van der Waals surface area contributed by atoms with Crippen molar-refractivity contribution in [1.29, 1.82) is 0 Å². The minimum Gasteiger partial charge on any atom is -0.354 e. The summed E-state index contributed by atoms with van der Waals surface area (Å²) >= 11 is 6.35. The number of amides is 2. The molecule has 1 N–H and O–H groups in total. The van der Waals surface area contributed by atoms with Crippen LogP contribution in [-0.2, 0) is 26.2 Å². The van der Waals surface area contributed by atoms with Crippen LogP contribution in [0, 0.1) is 5.92 Å². The second kappa shape index (κ2) is 11.8. The number of benzene rings is 3. The first-order valence-electron chi connectivity index (χ1n) is 11.7. The quantitative estimate of drug-likeness (QED) is 0.420. The number of nitrogens with one attached hydrogen (secondary N) is 1. The maximum atomic E-state index is 13.7. The summed E-state index contributed by atoms with van der Waals surface area (Å²) in [6.07, 6.45) is 1.07. The van der Waals surface area contributed by atoms with Gasteiger partial charge in [0.2, 0.25) is 21.8 Å². The van der Waals surface area contributed by atoms with Gasteiger partial charge in [-0.25, -0.2) is 8.42 Å². The van der Waals surface area contributed by atoms with Crippen LogP contribution in [0.2, 0.25) is 5.02 Å². The summed E-state index contributed by atoms with van der Waals surface area (Å²) in [6.45, 7) is 5.65. The topological polar surface area (TPSA) is 86.8 Å². The van der Waals surface area contributed by atoms with Crippen molar-refractivity contribution in [2.75, 3.05) is 23.7 Å². The fourth-order valence-corrected chi connectivity index (χ4v) is 4.92. The highest BCUT2D eigenvalue weighted by molar-refractivity contribution is 7.92. The third kappa shape index (κ3) is 6.77. The fraction of sp³-hybridized carbons (Fsp3) is 0.333. The van der Waals surface area contributed by atoms with Crippen molar-refractivity contribution in [2.24, 2.45) is 5.92 Å². The second-order valence-corrected chi connectivity index (χ2v) is 11.5. The Morgan fingerprint density at radius 3 is 2.25 bits per heavy atom. The van der Waals surface area contributed by atoms with Crippen LogP contribution in [0.1, 0.15) is 26.3 Å². The van der Waals surface area contributed by atoms with Crippen molar-refractivity contribution in [3.8, 4) is 0 Å². The monoisotopic (exact) mass is 529 g/mol. The lowest BCUT2D eigenvalue weighted by molar-refractivity contribution is -0.139. The molecular formula is C27H32ClN3O4S. The molecular weight excluding hydrogens is 498 g/mol. The Balaban J connectivity index is 1.98. The maximum absolute atomic E-state index is 13.7. The Hall–Kier alpha value is -3.10. The Labute approximate surface area is 218 Å². The van der Waals surface area contributed by atoms with Crippen molar-refractivity contribution in [3.63, 3.8) is 0 Å². The minimum absolute atomic E-state index is 0.0575. The molecule has 9 heteroatoms. The average Bonchev–Trinajstić information content (AvgIpc) is 2.83. The van der Waals surface area contributed by atoms with Crippen molar-refractivity contribution in [1.82, 2.24) is 10.2 Å². The number of hydrogen-bond acceptors (Lipinski definition) is 4. The Morgan fingerprint density at radius 2 is 1.58 bits per heavy atom. The van der Waals surface area contributed by atoms with E-state index in [1.54, 1.807) is 43.3 Å². The number of sulfonamides is 1. The molecule has 3 rings (SSSR count). The van der Waals surface area contributed by atoms with Crippen LogP contribution in [0.3, 0.4) is 0 Å². The van der Waals surface area contributed by atoms with Crippen LogP contribution in [-0.4, -0.2) is 50.5 Å². The van der Waals surface area contributed by atoms with E-state index in [4.69, 9.17) is 11.6 Å². The van der Waals surface area contributed by atoms with E-state index in [0.717, 1.165) is 15.9 Å². The molecule has 0 radical (unpaired) electrons. The summed E-state index contributed by atoms with van der Waals surface area (Å²) in [5.74, 6) is -0.596. The van der Waals surface area contributed by atoms with Gasteiger partial charge < -0.3 is 10.2 Å². The molecule has 0 fully saturated rings. The molecule has 0 aliphatic heterocycles. The van der Waals surface area contributed by atoms with Gasteiger partial charge in [-0.3, -0.25) is 13.9 Å². The SMILES string of the molecule is CC(C)CNC(=O)[C@H](C)N(Cc1ccccc1Cl)C(=O)CN(c1cccc2ccccc12)S(C)(=O)=O. The Kier molecular flexibility index (Phi) is 8.98. The van der Waals surface area contributed by atoms with Crippen LogP contribution in [0.4, 0.5) is 5.69 Å². The van der Waals surface area contributed by atoms with Gasteiger partial charge in [0, 0.05) is 23.5 Å². The molecule has 3 aromatic carbocycles. The highest BCUT2D eigenvalue weighted by Crippen LogP contribution is 2.29. The van der Waals surface area contributed by atoms with Crippen LogP contribution < -0.4 is 9.62 Å². The lowest BCUT2D eigenvalue weighted by Gasteiger charge is -2.32. The fourth-order valence-electron chi connectivity index (χ4n) is 3.87. The van der Waals surface area contributed by atoms with Crippen LogP contribution in [0.5, 0.6) is 0 Å². The normalized spacial score (nSPS) is 12.4. The molecule has 36 heavy (non-hydrogen) atoms. The van der Waals surface area contributed by atoms with Crippen molar-refractivity contribution in [2.45, 2.75) is 33.4 Å². The summed E-state index contributed by atoms with van der Waals surface area (Å²) in [6, 6.07) is 18.9. The first kappa shape index (κ1) is 27.5. The highest BCUT2D eigenvalue weighted by atomic mass is 35.5. The zero-order valence-electron chi connectivity index (χ0n) is 20.9. The van der Waals surface area contributed by atoms with Crippen LogP contribution in [0.15, 0.2) is 66.7 Å². The van der Waals surface area contributed by atoms with Crippen molar-refractivity contribution in [3.05, 3.63) is 77.3 Å². The number of anilines is 1. The molecule has 0 aromatic heterocycles. The van der Waals surface area contributed by atoms with E-state index in [2.05, 4.69) is 5.32 Å². The maximum Gasteiger partial charge on any atom is 0.244 e. The summed E-state index contributed by atoms with van der Waals surface area (Å²) in [5, 5.41) is 4.88. The summed E-state index contributed by atoms with van der Waals surface area (Å²) in [7, 11) is -3.83. The van der Waals surface area contributed by atoms with Gasteiger partial charge in [0.15, 0.2) is 0 Å². The molecule has 0 spiro atoms. The Morgan fingerprint density at radius 1 is 0.944 bits per heavy atom. The first-order chi connectivity index (χ1) is 17.0. The molecule has 0 unspecified atom stereocenters. The zero-order chi connectivity index (χ0) is 26.5. The number of halogens is 1. The number of nitrogens with zero attached hydrogens (tertiary/aromatic N) is 2. The molecule has 0 aliphatic rings. The van der Waals surface area contributed by atoms with Gasteiger partial charge >= 0.3 is 0 Å². The molecule has 0 saturated carbocycles. The molecule has 0 bridgehead atoms. The predicted octanol–water partition coefficient (Wildman–Crippen LogP) is 4.45. The number of carbonyl (C=O) groups is 2. The molecule has 0 heterocycles. The van der Waals surface area contributed by atoms with Crippen LogP contribution >= 0.6 is 11.6 Å². The summed E-state index contributed by atoms with van der Waals surface area (Å²) in [5.41, 5.74) is 1.06. The molecule has 1 atom stereocenters. The van der Waals surface area contributed by atoms with E-state index in [1.807, 2.05) is 44.2 Å². The van der Waals surface area contributed by atoms with E-state index >= 15 is 0 Å². The highest BCUT2D eigenvalue weighted by Gasteiger charge is 2.31. The molecule has 0 saturated heterocycles. The third-order valence-corrected chi connectivity index (χ3v) is 7.36. The lowest BCUT2D eigenvalue weighted by Crippen LogP contribution is -2.51. The summed E-state index contributed by atoms with van der Waals surface area (Å²) < 4.78 is 26.9. The van der Waals surface area contributed by atoms with Gasteiger partial charge in [-0.1, -0.05) is 80.0 Å². The van der Waals surface area contributed by atoms with Crippen molar-refractivity contribution >= 4 is 49.9 Å². The van der Waals surface area contributed by atoms with Gasteiger partial charge in [-0.05, 0) is 35.9 Å². The zero-order valence-corrected chi connectivity index (χ0v) is 22.5. The molecule has 0 aliphatic carbocycles. The standard InChI is InChI=1S/C27H32ClN3O4S/c1-19(2)16-29-27(33)20(3)30(17-22-11-6-8-14-24(22)28)26(32)18-31(36(4,34)35)25-15-9-12-21-10-5-7-13-23(21)25/h5-15,19-20H,16-18H2,1-4H3,(H,29,33)/t20-/m0/s1. The van der Waals surface area contributed by atoms with E-state index in [0.29, 0.717) is 28.2 Å². The molecule has 3 aromatic rings. The first-order valence-corrected chi connectivity index (χ1v) is 14.0. The number of carbonyl (C=O) groups excluding carboxylic acids is 2. The predicted molar refractivity (Wildman–Crippen MR) is 145 cm³/mol. The molecule has 7 nitrogen and oxygen atoms in total. The van der Waals surface area contributed by atoms with E-state index in [1.165, 1.54) is 4.90 Å². The Bertz CT molecular complexity index is 1340. The van der Waals surface area contributed by atoms with E-state index in [-0.39, 0.29) is 18.4 Å².